The summed E-state index contributed by atoms with van der Waals surface area (Å²) < 4.78 is 15.0. The predicted octanol–water partition coefficient (Wildman–Crippen LogP) is 3.85. The molecule has 1 saturated carbocycles. The number of nitrogens with one attached hydrogen (secondary N) is 1. The summed E-state index contributed by atoms with van der Waals surface area (Å²) in [6.45, 7) is 5.55. The van der Waals surface area contributed by atoms with Crippen LogP contribution in [-0.2, 0) is 13.0 Å². The van der Waals surface area contributed by atoms with E-state index in [1.54, 1.807) is 23.1 Å². The number of amides is 1. The van der Waals surface area contributed by atoms with Gasteiger partial charge in [-0.15, -0.1) is 0 Å². The monoisotopic (exact) mass is 478 g/mol. The number of pyridine rings is 1. The number of carbonyl (C=O) groups excluding carboxylic acids is 1. The molecule has 2 fully saturated rings. The van der Waals surface area contributed by atoms with Crippen molar-refractivity contribution < 1.29 is 9.18 Å². The van der Waals surface area contributed by atoms with Gasteiger partial charge in [-0.3, -0.25) is 19.1 Å². The lowest BCUT2D eigenvalue weighted by atomic mass is 9.90. The number of fused-ring (bicyclic) bond motifs is 1. The van der Waals surface area contributed by atoms with Gasteiger partial charge in [0, 0.05) is 31.2 Å². The van der Waals surface area contributed by atoms with Crippen molar-refractivity contribution in [2.24, 2.45) is 11.8 Å². The van der Waals surface area contributed by atoms with Gasteiger partial charge in [-0.1, -0.05) is 26.0 Å². The lowest BCUT2D eigenvalue weighted by Gasteiger charge is -2.32. The Morgan fingerprint density at radius 1 is 1.14 bits per heavy atom. The van der Waals surface area contributed by atoms with E-state index in [0.29, 0.717) is 36.8 Å². The standard InChI is InChI=1S/C27H31FN4O3/c1-16(2)15-32-24-23(25(33)30-27(32)35)21(14-22(29-24)19-6-7-19)26(34)31-10-8-17(9-11-31)12-18-4-3-5-20(28)13-18/h3-5,13-14,16-17,19H,6-12,15H2,1-2H3,(H,30,33,35). The van der Waals surface area contributed by atoms with Crippen molar-refractivity contribution in [3.8, 4) is 0 Å². The number of aromatic amines is 1. The Bertz CT molecular complexity index is 1380. The molecular weight excluding hydrogens is 447 g/mol. The number of nitrogens with zero attached hydrogens (tertiary/aromatic N) is 3. The van der Waals surface area contributed by atoms with E-state index < -0.39 is 11.2 Å². The van der Waals surface area contributed by atoms with Gasteiger partial charge in [-0.25, -0.2) is 14.2 Å². The highest BCUT2D eigenvalue weighted by molar-refractivity contribution is 6.05. The fraction of sp³-hybridized carbons (Fsp3) is 0.481. The molecule has 7 nitrogen and oxygen atoms in total. The first-order valence-electron chi connectivity index (χ1n) is 12.5. The highest BCUT2D eigenvalue weighted by atomic mass is 19.1. The van der Waals surface area contributed by atoms with Crippen molar-refractivity contribution in [1.82, 2.24) is 19.4 Å². The maximum Gasteiger partial charge on any atom is 0.330 e. The summed E-state index contributed by atoms with van der Waals surface area (Å²) in [6.07, 6.45) is 4.40. The molecule has 2 aliphatic rings. The number of hydrogen-bond donors (Lipinski definition) is 1. The van der Waals surface area contributed by atoms with Crippen LogP contribution in [0.5, 0.6) is 0 Å². The summed E-state index contributed by atoms with van der Waals surface area (Å²) in [6, 6.07) is 8.45. The second-order valence-electron chi connectivity index (χ2n) is 10.4. The number of halogens is 1. The van der Waals surface area contributed by atoms with E-state index >= 15 is 0 Å². The highest BCUT2D eigenvalue weighted by Crippen LogP contribution is 2.40. The largest absolute Gasteiger partial charge is 0.339 e. The van der Waals surface area contributed by atoms with Crippen LogP contribution in [0.1, 0.15) is 67.1 Å². The molecule has 0 spiro atoms. The van der Waals surface area contributed by atoms with E-state index in [4.69, 9.17) is 4.98 Å². The normalized spacial score (nSPS) is 16.9. The van der Waals surface area contributed by atoms with Crippen LogP contribution >= 0.6 is 0 Å². The average Bonchev–Trinajstić information content (AvgIpc) is 3.66. The SMILES string of the molecule is CC(C)Cn1c(=O)[nH]c(=O)c2c(C(=O)N3CCC(Cc4cccc(F)c4)CC3)cc(C3CC3)nc21. The zero-order chi connectivity index (χ0) is 24.7. The first-order chi connectivity index (χ1) is 16.8. The van der Waals surface area contributed by atoms with Crippen LogP contribution in [0.3, 0.4) is 0 Å². The van der Waals surface area contributed by atoms with Gasteiger partial charge in [0.2, 0.25) is 0 Å². The number of H-pyrrole nitrogens is 1. The van der Waals surface area contributed by atoms with Crippen LogP contribution in [0, 0.1) is 17.7 Å². The zero-order valence-corrected chi connectivity index (χ0v) is 20.2. The summed E-state index contributed by atoms with van der Waals surface area (Å²) in [5, 5.41) is 0.196. The molecule has 1 aliphatic carbocycles. The Morgan fingerprint density at radius 2 is 1.89 bits per heavy atom. The van der Waals surface area contributed by atoms with Gasteiger partial charge >= 0.3 is 5.69 Å². The van der Waals surface area contributed by atoms with Gasteiger partial charge in [0.15, 0.2) is 5.65 Å². The molecule has 8 heteroatoms. The molecule has 1 N–H and O–H groups in total. The molecule has 2 aromatic heterocycles. The molecule has 35 heavy (non-hydrogen) atoms. The van der Waals surface area contributed by atoms with Crippen molar-refractivity contribution in [3.05, 3.63) is 73.8 Å². The molecule has 184 valence electrons. The summed E-state index contributed by atoms with van der Waals surface area (Å²) in [5.41, 5.74) is 1.33. The fourth-order valence-corrected chi connectivity index (χ4v) is 5.09. The van der Waals surface area contributed by atoms with Crippen molar-refractivity contribution in [2.75, 3.05) is 13.1 Å². The molecule has 0 atom stereocenters. The van der Waals surface area contributed by atoms with Gasteiger partial charge < -0.3 is 4.90 Å². The Labute approximate surface area is 203 Å². The second kappa shape index (κ2) is 9.40. The fourth-order valence-electron chi connectivity index (χ4n) is 5.09. The van der Waals surface area contributed by atoms with E-state index in [2.05, 4.69) is 4.98 Å². The Balaban J connectivity index is 1.44. The van der Waals surface area contributed by atoms with Crippen LogP contribution in [0.25, 0.3) is 11.0 Å². The number of piperidine rings is 1. The molecule has 0 radical (unpaired) electrons. The summed E-state index contributed by atoms with van der Waals surface area (Å²) in [4.78, 5) is 48.1. The van der Waals surface area contributed by atoms with Crippen molar-refractivity contribution in [2.45, 2.75) is 58.4 Å². The highest BCUT2D eigenvalue weighted by Gasteiger charge is 2.31. The number of rotatable bonds is 6. The minimum atomic E-state index is -0.566. The van der Waals surface area contributed by atoms with E-state index in [1.165, 1.54) is 10.6 Å². The molecule has 1 saturated heterocycles. The number of likely N-dealkylation sites (tertiary alicyclic amines) is 1. The Hall–Kier alpha value is -3.29. The molecule has 0 unspecified atom stereocenters. The van der Waals surface area contributed by atoms with Crippen LogP contribution < -0.4 is 11.2 Å². The van der Waals surface area contributed by atoms with Crippen LogP contribution in [0.15, 0.2) is 39.9 Å². The lowest BCUT2D eigenvalue weighted by molar-refractivity contribution is 0.0692. The van der Waals surface area contributed by atoms with E-state index in [1.807, 2.05) is 19.9 Å². The van der Waals surface area contributed by atoms with Crippen LogP contribution in [0.2, 0.25) is 0 Å². The molecule has 1 amide bonds. The number of aromatic nitrogens is 3. The van der Waals surface area contributed by atoms with Gasteiger partial charge in [-0.2, -0.15) is 0 Å². The third-order valence-corrected chi connectivity index (χ3v) is 7.06. The summed E-state index contributed by atoms with van der Waals surface area (Å²) in [5.74, 6) is 0.391. The number of hydrogen-bond acceptors (Lipinski definition) is 4. The smallest absolute Gasteiger partial charge is 0.330 e. The summed E-state index contributed by atoms with van der Waals surface area (Å²) >= 11 is 0. The maximum absolute atomic E-state index is 13.7. The van der Waals surface area contributed by atoms with Crippen molar-refractivity contribution >= 4 is 16.9 Å². The van der Waals surface area contributed by atoms with Crippen LogP contribution in [0.4, 0.5) is 4.39 Å². The minimum absolute atomic E-state index is 0.171. The predicted molar refractivity (Wildman–Crippen MR) is 132 cm³/mol. The van der Waals surface area contributed by atoms with E-state index in [-0.39, 0.29) is 28.9 Å². The Kier molecular flexibility index (Phi) is 6.30. The zero-order valence-electron chi connectivity index (χ0n) is 20.2. The minimum Gasteiger partial charge on any atom is -0.339 e. The molecule has 1 aromatic carbocycles. The van der Waals surface area contributed by atoms with Crippen molar-refractivity contribution in [1.29, 1.82) is 0 Å². The molecular formula is C27H31FN4O3. The molecule has 5 rings (SSSR count). The maximum atomic E-state index is 13.7. The van der Waals surface area contributed by atoms with Gasteiger partial charge in [0.05, 0.1) is 10.9 Å². The number of carbonyl (C=O) groups is 1. The second-order valence-corrected chi connectivity index (χ2v) is 10.4. The van der Waals surface area contributed by atoms with Gasteiger partial charge in [0.25, 0.3) is 11.5 Å². The van der Waals surface area contributed by atoms with Gasteiger partial charge in [0.1, 0.15) is 5.82 Å². The third kappa shape index (κ3) is 4.92. The van der Waals surface area contributed by atoms with Crippen molar-refractivity contribution in [3.63, 3.8) is 0 Å². The Morgan fingerprint density at radius 3 is 2.54 bits per heavy atom. The quantitative estimate of drug-likeness (QED) is 0.583. The lowest BCUT2D eigenvalue weighted by Crippen LogP contribution is -2.40. The summed E-state index contributed by atoms with van der Waals surface area (Å²) in [7, 11) is 0. The molecule has 3 aromatic rings. The topological polar surface area (TPSA) is 88.1 Å². The van der Waals surface area contributed by atoms with E-state index in [0.717, 1.165) is 43.4 Å². The molecule has 3 heterocycles. The molecule has 1 aliphatic heterocycles. The van der Waals surface area contributed by atoms with Crippen LogP contribution in [-0.4, -0.2) is 38.4 Å². The third-order valence-electron chi connectivity index (χ3n) is 7.06. The average molecular weight is 479 g/mol. The first-order valence-corrected chi connectivity index (χ1v) is 12.5. The van der Waals surface area contributed by atoms with E-state index in [9.17, 15) is 18.8 Å². The first kappa shape index (κ1) is 23.5. The molecule has 0 bridgehead atoms. The van der Waals surface area contributed by atoms with Gasteiger partial charge in [-0.05, 0) is 67.7 Å². The number of benzene rings is 1.